The zero-order valence-electron chi connectivity index (χ0n) is 15.1. The molecule has 0 heteroatoms. The van der Waals surface area contributed by atoms with Crippen molar-refractivity contribution >= 4 is 12.2 Å². The summed E-state index contributed by atoms with van der Waals surface area (Å²) in [6.45, 7) is 9.21. The summed E-state index contributed by atoms with van der Waals surface area (Å²) >= 11 is 0. The van der Waals surface area contributed by atoms with Crippen LogP contribution in [-0.4, -0.2) is 0 Å². The van der Waals surface area contributed by atoms with Crippen molar-refractivity contribution in [2.45, 2.75) is 51.9 Å². The number of rotatable bonds is 3. The smallest absolute Gasteiger partial charge is 0.00636 e. The van der Waals surface area contributed by atoms with Crippen molar-refractivity contribution in [3.63, 3.8) is 0 Å². The highest BCUT2D eigenvalue weighted by Gasteiger charge is 2.31. The van der Waals surface area contributed by atoms with Gasteiger partial charge < -0.3 is 0 Å². The summed E-state index contributed by atoms with van der Waals surface area (Å²) in [7, 11) is 0. The number of hydrogen-bond acceptors (Lipinski definition) is 0. The van der Waals surface area contributed by atoms with E-state index in [1.54, 1.807) is 0 Å². The third kappa shape index (κ3) is 2.36. The zero-order valence-corrected chi connectivity index (χ0v) is 15.1. The summed E-state index contributed by atoms with van der Waals surface area (Å²) in [4.78, 5) is 0. The molecule has 0 nitrogen and oxygen atoms in total. The van der Waals surface area contributed by atoms with Crippen molar-refractivity contribution < 1.29 is 0 Å². The van der Waals surface area contributed by atoms with Gasteiger partial charge in [0.25, 0.3) is 0 Å². The normalized spacial score (nSPS) is 21.5. The van der Waals surface area contributed by atoms with E-state index in [4.69, 9.17) is 0 Å². The van der Waals surface area contributed by atoms with Gasteiger partial charge in [0.2, 0.25) is 0 Å². The first-order valence-corrected chi connectivity index (χ1v) is 9.14. The molecular weight excluding hydrogens is 288 g/mol. The third-order valence-corrected chi connectivity index (χ3v) is 5.87. The van der Waals surface area contributed by atoms with Crippen LogP contribution in [-0.2, 0) is 0 Å². The van der Waals surface area contributed by atoms with E-state index in [9.17, 15) is 0 Å². The maximum atomic E-state index is 2.44. The van der Waals surface area contributed by atoms with Gasteiger partial charge in [0.15, 0.2) is 0 Å². The molecule has 0 amide bonds. The standard InChI is InChI=1S/C24H26/c1-15(2)19-10-7-11-21-23(17(4)13-24(19)21)14-22-16(3)12-18-8-5-6-9-20(18)22/h5-13,15,22-23H,14H2,1-4H3. The lowest BCUT2D eigenvalue weighted by molar-refractivity contribution is 0.642. The van der Waals surface area contributed by atoms with Crippen molar-refractivity contribution in [1.82, 2.24) is 0 Å². The zero-order chi connectivity index (χ0) is 16.8. The lowest BCUT2D eigenvalue weighted by atomic mass is 9.81. The van der Waals surface area contributed by atoms with Gasteiger partial charge in [0, 0.05) is 11.8 Å². The molecule has 0 fully saturated rings. The molecule has 0 saturated carbocycles. The molecule has 4 rings (SSSR count). The minimum absolute atomic E-state index is 0.554. The summed E-state index contributed by atoms with van der Waals surface area (Å²) in [6.07, 6.45) is 6.00. The van der Waals surface area contributed by atoms with Crippen molar-refractivity contribution in [3.8, 4) is 0 Å². The van der Waals surface area contributed by atoms with E-state index in [2.05, 4.69) is 82.3 Å². The lowest BCUT2D eigenvalue weighted by Crippen LogP contribution is -2.06. The minimum Gasteiger partial charge on any atom is -0.0652 e. The predicted octanol–water partition coefficient (Wildman–Crippen LogP) is 6.90. The Kier molecular flexibility index (Phi) is 3.72. The van der Waals surface area contributed by atoms with Crippen molar-refractivity contribution in [2.24, 2.45) is 0 Å². The second kappa shape index (κ2) is 5.77. The van der Waals surface area contributed by atoms with E-state index in [1.165, 1.54) is 45.4 Å². The summed E-state index contributed by atoms with van der Waals surface area (Å²) in [6, 6.07) is 15.8. The van der Waals surface area contributed by atoms with Crippen LogP contribution in [0.15, 0.2) is 53.6 Å². The average molecular weight is 314 g/mol. The fourth-order valence-corrected chi connectivity index (χ4v) is 4.56. The van der Waals surface area contributed by atoms with E-state index in [0.717, 1.165) is 0 Å². The van der Waals surface area contributed by atoms with Crippen molar-refractivity contribution in [1.29, 1.82) is 0 Å². The first kappa shape index (κ1) is 15.4. The Morgan fingerprint density at radius 1 is 0.792 bits per heavy atom. The number of hydrogen-bond donors (Lipinski definition) is 0. The molecule has 0 N–H and O–H groups in total. The monoisotopic (exact) mass is 314 g/mol. The average Bonchev–Trinajstić information content (AvgIpc) is 3.05. The van der Waals surface area contributed by atoms with Crippen LogP contribution in [0.4, 0.5) is 0 Å². The van der Waals surface area contributed by atoms with Crippen molar-refractivity contribution in [3.05, 3.63) is 81.4 Å². The topological polar surface area (TPSA) is 0 Å². The van der Waals surface area contributed by atoms with Gasteiger partial charge in [-0.15, -0.1) is 0 Å². The van der Waals surface area contributed by atoms with Gasteiger partial charge in [0.1, 0.15) is 0 Å². The number of fused-ring (bicyclic) bond motifs is 2. The number of allylic oxidation sites excluding steroid dienone is 2. The third-order valence-electron chi connectivity index (χ3n) is 5.87. The van der Waals surface area contributed by atoms with Crippen LogP contribution >= 0.6 is 0 Å². The molecule has 0 radical (unpaired) electrons. The summed E-state index contributed by atoms with van der Waals surface area (Å²) in [5.74, 6) is 1.69. The predicted molar refractivity (Wildman–Crippen MR) is 104 cm³/mol. The van der Waals surface area contributed by atoms with Crippen LogP contribution in [0.1, 0.15) is 79.7 Å². The Morgan fingerprint density at radius 3 is 2.25 bits per heavy atom. The van der Waals surface area contributed by atoms with Gasteiger partial charge >= 0.3 is 0 Å². The van der Waals surface area contributed by atoms with Gasteiger partial charge in [-0.3, -0.25) is 0 Å². The molecule has 0 spiro atoms. The summed E-state index contributed by atoms with van der Waals surface area (Å²) in [5.41, 5.74) is 10.5. The molecular formula is C24H26. The van der Waals surface area contributed by atoms with E-state index >= 15 is 0 Å². The van der Waals surface area contributed by atoms with Gasteiger partial charge in [-0.25, -0.2) is 0 Å². The van der Waals surface area contributed by atoms with Gasteiger partial charge in [-0.05, 0) is 54.0 Å². The number of benzene rings is 2. The molecule has 0 aromatic heterocycles. The van der Waals surface area contributed by atoms with Crippen LogP contribution in [0, 0.1) is 0 Å². The molecule has 2 aliphatic carbocycles. The lowest BCUT2D eigenvalue weighted by Gasteiger charge is -2.22. The SMILES string of the molecule is CC1=Cc2ccccc2C1CC1C(C)=Cc2c(C(C)C)cccc21. The molecule has 0 aliphatic heterocycles. The largest absolute Gasteiger partial charge is 0.0652 e. The van der Waals surface area contributed by atoms with E-state index in [-0.39, 0.29) is 0 Å². The molecule has 24 heavy (non-hydrogen) atoms. The molecule has 122 valence electrons. The fraction of sp³-hybridized carbons (Fsp3) is 0.333. The summed E-state index contributed by atoms with van der Waals surface area (Å²) in [5, 5.41) is 0. The Labute approximate surface area is 145 Å². The van der Waals surface area contributed by atoms with Crippen LogP contribution in [0.3, 0.4) is 0 Å². The molecule has 2 atom stereocenters. The first-order chi connectivity index (χ1) is 11.6. The van der Waals surface area contributed by atoms with Crippen LogP contribution in [0.25, 0.3) is 12.2 Å². The van der Waals surface area contributed by atoms with Crippen LogP contribution < -0.4 is 0 Å². The molecule has 0 bridgehead atoms. The highest BCUT2D eigenvalue weighted by Crippen LogP contribution is 2.48. The van der Waals surface area contributed by atoms with Crippen molar-refractivity contribution in [2.75, 3.05) is 0 Å². The van der Waals surface area contributed by atoms with E-state index in [1.807, 2.05) is 0 Å². The molecule has 2 aliphatic rings. The van der Waals surface area contributed by atoms with Crippen LogP contribution in [0.5, 0.6) is 0 Å². The Hall–Kier alpha value is -2.08. The second-order valence-electron chi connectivity index (χ2n) is 7.75. The summed E-state index contributed by atoms with van der Waals surface area (Å²) < 4.78 is 0. The highest BCUT2D eigenvalue weighted by atomic mass is 14.3. The van der Waals surface area contributed by atoms with Gasteiger partial charge in [-0.1, -0.05) is 79.6 Å². The quantitative estimate of drug-likeness (QED) is 0.578. The molecule has 0 heterocycles. The van der Waals surface area contributed by atoms with E-state index in [0.29, 0.717) is 17.8 Å². The second-order valence-corrected chi connectivity index (χ2v) is 7.75. The Bertz CT molecular complexity index is 848. The van der Waals surface area contributed by atoms with Gasteiger partial charge in [0.05, 0.1) is 0 Å². The first-order valence-electron chi connectivity index (χ1n) is 9.14. The molecule has 2 aromatic rings. The fourth-order valence-electron chi connectivity index (χ4n) is 4.56. The highest BCUT2D eigenvalue weighted by molar-refractivity contribution is 5.71. The molecule has 0 saturated heterocycles. The minimum atomic E-state index is 0.554. The molecule has 2 unspecified atom stereocenters. The van der Waals surface area contributed by atoms with Gasteiger partial charge in [-0.2, -0.15) is 0 Å². The Balaban J connectivity index is 1.70. The van der Waals surface area contributed by atoms with E-state index < -0.39 is 0 Å². The maximum absolute atomic E-state index is 2.44. The molecule has 2 aromatic carbocycles. The maximum Gasteiger partial charge on any atom is 0.00636 e. The Morgan fingerprint density at radius 2 is 1.46 bits per heavy atom. The van der Waals surface area contributed by atoms with Crippen LogP contribution in [0.2, 0.25) is 0 Å².